The molecule has 2 aliphatic heterocycles. The molecule has 0 saturated heterocycles. The molecule has 8 heteroatoms. The molecule has 2 N–H and O–H groups in total. The highest BCUT2D eigenvalue weighted by atomic mass is 16.5. The first-order chi connectivity index (χ1) is 21.3. The zero-order valence-electron chi connectivity index (χ0n) is 24.8. The summed E-state index contributed by atoms with van der Waals surface area (Å²) >= 11 is 0. The van der Waals surface area contributed by atoms with Crippen molar-refractivity contribution in [3.05, 3.63) is 107 Å². The van der Waals surface area contributed by atoms with Crippen LogP contribution in [-0.4, -0.2) is 37.6 Å². The fourth-order valence-corrected chi connectivity index (χ4v) is 6.06. The number of quaternary nitrogens is 2. The molecule has 8 nitrogen and oxygen atoms in total. The Hall–Kier alpha value is -4.92. The van der Waals surface area contributed by atoms with Crippen LogP contribution < -0.4 is 19.3 Å². The molecule has 0 saturated carbocycles. The van der Waals surface area contributed by atoms with Crippen molar-refractivity contribution in [1.29, 1.82) is 0 Å². The SMILES string of the molecule is C[NH+]1c2ccccc2C(=O)c2cc(OC(=O)CCCCCCC(=O)Oc3ccc4c(c3)C(=O)c3ccccc3[NH+]4C)ccc21. The van der Waals surface area contributed by atoms with E-state index in [1.54, 1.807) is 24.3 Å². The number of para-hydroxylation sites is 2. The monoisotopic (exact) mass is 590 g/mol. The Morgan fingerprint density at radius 3 is 1.34 bits per heavy atom. The number of unbranched alkanes of at least 4 members (excludes halogenated alkanes) is 3. The highest BCUT2D eigenvalue weighted by molar-refractivity contribution is 6.16. The van der Waals surface area contributed by atoms with E-state index in [4.69, 9.17) is 9.47 Å². The Kier molecular flexibility index (Phi) is 8.19. The molecule has 44 heavy (non-hydrogen) atoms. The maximum absolute atomic E-state index is 13.0. The maximum Gasteiger partial charge on any atom is 0.311 e. The van der Waals surface area contributed by atoms with Crippen LogP contribution in [0.25, 0.3) is 0 Å². The summed E-state index contributed by atoms with van der Waals surface area (Å²) < 4.78 is 11.1. The summed E-state index contributed by atoms with van der Waals surface area (Å²) in [5, 5.41) is 0. The van der Waals surface area contributed by atoms with E-state index in [0.717, 1.165) is 45.4 Å². The lowest BCUT2D eigenvalue weighted by atomic mass is 9.94. The highest BCUT2D eigenvalue weighted by Crippen LogP contribution is 2.31. The maximum atomic E-state index is 13.0. The number of rotatable bonds is 9. The molecular weight excluding hydrogens is 556 g/mol. The molecule has 0 radical (unpaired) electrons. The number of ether oxygens (including phenoxy) is 2. The minimum absolute atomic E-state index is 0.0721. The Balaban J connectivity index is 0.933. The lowest BCUT2D eigenvalue weighted by Crippen LogP contribution is -2.99. The fraction of sp³-hybridized carbons (Fsp3) is 0.222. The van der Waals surface area contributed by atoms with Crippen molar-refractivity contribution in [2.75, 3.05) is 14.1 Å². The summed E-state index contributed by atoms with van der Waals surface area (Å²) in [6, 6.07) is 25.5. The second kappa shape index (κ2) is 12.4. The second-order valence-electron chi connectivity index (χ2n) is 11.3. The van der Waals surface area contributed by atoms with Crippen molar-refractivity contribution in [2.24, 2.45) is 0 Å². The van der Waals surface area contributed by atoms with Gasteiger partial charge in [0.25, 0.3) is 0 Å². The molecule has 0 amide bonds. The van der Waals surface area contributed by atoms with Gasteiger partial charge in [-0.15, -0.1) is 0 Å². The first kappa shape index (κ1) is 29.2. The van der Waals surface area contributed by atoms with Crippen LogP contribution in [0, 0.1) is 0 Å². The van der Waals surface area contributed by atoms with Crippen molar-refractivity contribution in [3.8, 4) is 11.5 Å². The molecule has 0 bridgehead atoms. The van der Waals surface area contributed by atoms with Gasteiger partial charge in [-0.3, -0.25) is 29.0 Å². The van der Waals surface area contributed by atoms with E-state index in [2.05, 4.69) is 0 Å². The number of fused-ring (bicyclic) bond motifs is 4. The van der Waals surface area contributed by atoms with Gasteiger partial charge in [0.05, 0.1) is 36.3 Å². The Morgan fingerprint density at radius 1 is 0.523 bits per heavy atom. The van der Waals surface area contributed by atoms with Crippen LogP contribution >= 0.6 is 0 Å². The van der Waals surface area contributed by atoms with Crippen LogP contribution in [0.3, 0.4) is 0 Å². The molecule has 0 aliphatic carbocycles. The number of ketones is 2. The topological polar surface area (TPSA) is 95.6 Å². The van der Waals surface area contributed by atoms with Crippen LogP contribution in [-0.2, 0) is 9.59 Å². The van der Waals surface area contributed by atoms with Crippen LogP contribution in [0.15, 0.2) is 84.9 Å². The predicted molar refractivity (Wildman–Crippen MR) is 164 cm³/mol. The van der Waals surface area contributed by atoms with Gasteiger partial charge in [-0.25, -0.2) is 0 Å². The van der Waals surface area contributed by atoms with Crippen molar-refractivity contribution in [3.63, 3.8) is 0 Å². The van der Waals surface area contributed by atoms with E-state index < -0.39 is 0 Å². The number of carbonyl (C=O) groups excluding carboxylic acids is 4. The van der Waals surface area contributed by atoms with Crippen molar-refractivity contribution in [2.45, 2.75) is 38.5 Å². The van der Waals surface area contributed by atoms with Gasteiger partial charge < -0.3 is 9.47 Å². The van der Waals surface area contributed by atoms with Crippen molar-refractivity contribution in [1.82, 2.24) is 0 Å². The number of hydrogen-bond acceptors (Lipinski definition) is 6. The van der Waals surface area contributed by atoms with Crippen LogP contribution in [0.5, 0.6) is 11.5 Å². The van der Waals surface area contributed by atoms with E-state index in [0.29, 0.717) is 46.6 Å². The van der Waals surface area contributed by atoms with E-state index in [1.165, 1.54) is 0 Å². The van der Waals surface area contributed by atoms with Crippen molar-refractivity contribution < 1.29 is 38.5 Å². The Morgan fingerprint density at radius 2 is 0.909 bits per heavy atom. The Labute approximate surface area is 255 Å². The number of esters is 2. The fourth-order valence-electron chi connectivity index (χ4n) is 6.06. The molecule has 0 aromatic heterocycles. The third-order valence-electron chi connectivity index (χ3n) is 8.41. The number of hydrogen-bond donors (Lipinski definition) is 2. The molecule has 2 heterocycles. The molecule has 6 rings (SSSR count). The molecule has 0 fully saturated rings. The quantitative estimate of drug-likeness (QED) is 0.168. The molecule has 0 spiro atoms. The smallest absolute Gasteiger partial charge is 0.311 e. The van der Waals surface area contributed by atoms with E-state index in [1.807, 2.05) is 74.8 Å². The lowest BCUT2D eigenvalue weighted by Gasteiger charge is -2.23. The van der Waals surface area contributed by atoms with E-state index in [-0.39, 0.29) is 36.3 Å². The van der Waals surface area contributed by atoms with Crippen LogP contribution in [0.4, 0.5) is 22.7 Å². The molecule has 4 aromatic carbocycles. The van der Waals surface area contributed by atoms with Gasteiger partial charge in [-0.05, 0) is 49.2 Å². The molecule has 2 unspecified atom stereocenters. The molecule has 4 aromatic rings. The van der Waals surface area contributed by atoms with Crippen molar-refractivity contribution >= 4 is 46.3 Å². The Bertz CT molecular complexity index is 1660. The number of nitrogens with one attached hydrogen (secondary N) is 2. The van der Waals surface area contributed by atoms with Gasteiger partial charge in [-0.1, -0.05) is 37.1 Å². The van der Waals surface area contributed by atoms with E-state index >= 15 is 0 Å². The summed E-state index contributed by atoms with van der Waals surface area (Å²) in [5.74, 6) is -0.137. The highest BCUT2D eigenvalue weighted by Gasteiger charge is 2.33. The average molecular weight is 591 g/mol. The molecular formula is C36H34N2O6+2. The number of carbonyl (C=O) groups is 4. The third-order valence-corrected chi connectivity index (χ3v) is 8.41. The van der Waals surface area contributed by atoms with Crippen LogP contribution in [0.2, 0.25) is 0 Å². The zero-order valence-corrected chi connectivity index (χ0v) is 24.8. The van der Waals surface area contributed by atoms with Gasteiger partial charge in [0.2, 0.25) is 11.6 Å². The van der Waals surface area contributed by atoms with E-state index in [9.17, 15) is 19.2 Å². The second-order valence-corrected chi connectivity index (χ2v) is 11.3. The molecule has 222 valence electrons. The molecule has 2 aliphatic rings. The van der Waals surface area contributed by atoms with Gasteiger partial charge in [-0.2, -0.15) is 0 Å². The summed E-state index contributed by atoms with van der Waals surface area (Å²) in [7, 11) is 3.98. The first-order valence-electron chi connectivity index (χ1n) is 15.0. The van der Waals surface area contributed by atoms with Gasteiger partial charge in [0.1, 0.15) is 34.2 Å². The summed E-state index contributed by atoms with van der Waals surface area (Å²) in [6.45, 7) is 0. The minimum Gasteiger partial charge on any atom is -0.426 e. The predicted octanol–water partition coefficient (Wildman–Crippen LogP) is 4.58. The largest absolute Gasteiger partial charge is 0.426 e. The minimum atomic E-state index is -0.356. The first-order valence-corrected chi connectivity index (χ1v) is 15.0. The van der Waals surface area contributed by atoms with Gasteiger partial charge in [0, 0.05) is 37.1 Å². The third kappa shape index (κ3) is 5.69. The summed E-state index contributed by atoms with van der Waals surface area (Å²) in [6.07, 6.45) is 3.26. The zero-order chi connectivity index (χ0) is 30.8. The van der Waals surface area contributed by atoms with Gasteiger partial charge in [0.15, 0.2) is 0 Å². The standard InChI is InChI=1S/C36H32N2O6/c1-37-29-13-9-7-11-25(29)35(41)27-21-23(17-19-31(27)37)43-33(39)15-5-3-4-6-16-34(40)44-24-18-20-32-28(22-24)36(42)26-12-8-10-14-30(26)38(32)2/h7-14,17-22H,3-6,15-16H2,1-2H3/p+2. The normalized spacial score (nSPS) is 16.3. The average Bonchev–Trinajstić information content (AvgIpc) is 3.04. The summed E-state index contributed by atoms with van der Waals surface area (Å²) in [4.78, 5) is 53.1. The van der Waals surface area contributed by atoms with Crippen LogP contribution in [0.1, 0.15) is 70.4 Å². The van der Waals surface area contributed by atoms with Gasteiger partial charge >= 0.3 is 11.9 Å². The molecule has 2 atom stereocenters. The summed E-state index contributed by atoms with van der Waals surface area (Å²) in [5.41, 5.74) is 5.96. The number of benzene rings is 4. The lowest BCUT2D eigenvalue weighted by molar-refractivity contribution is -0.736.